The topological polar surface area (TPSA) is 0 Å². The van der Waals surface area contributed by atoms with Gasteiger partial charge in [0.05, 0.1) is 0 Å². The van der Waals surface area contributed by atoms with Crippen LogP contribution >= 0.6 is 0 Å². The van der Waals surface area contributed by atoms with Crippen molar-refractivity contribution < 1.29 is 0 Å². The number of rotatable bonds is 0. The maximum Gasteiger partial charge on any atom is -0.0108 e. The predicted molar refractivity (Wildman–Crippen MR) is 157 cm³/mol. The Bertz CT molecular complexity index is 1170. The highest BCUT2D eigenvalue weighted by molar-refractivity contribution is 5.88. The zero-order valence-electron chi connectivity index (χ0n) is 22.9. The average Bonchev–Trinajstić information content (AvgIpc) is 3.24. The van der Waals surface area contributed by atoms with E-state index in [1.165, 1.54) is 61.7 Å². The Kier molecular flexibility index (Phi) is 11.2. The van der Waals surface area contributed by atoms with Crippen molar-refractivity contribution in [1.29, 1.82) is 0 Å². The van der Waals surface area contributed by atoms with Crippen LogP contribution in [0, 0.1) is 41.5 Å². The first-order chi connectivity index (χ1) is 16.7. The van der Waals surface area contributed by atoms with Gasteiger partial charge in [0.2, 0.25) is 0 Å². The zero-order chi connectivity index (χ0) is 25.8. The predicted octanol–water partition coefficient (Wildman–Crippen LogP) is 10.3. The Labute approximate surface area is 214 Å². The maximum atomic E-state index is 2.18. The van der Waals surface area contributed by atoms with Crippen molar-refractivity contribution in [2.45, 2.75) is 61.8 Å². The molecule has 0 nitrogen and oxygen atoms in total. The molecule has 5 rings (SSSR count). The van der Waals surface area contributed by atoms with Crippen molar-refractivity contribution >= 4 is 10.8 Å². The van der Waals surface area contributed by atoms with Gasteiger partial charge in [0.25, 0.3) is 0 Å². The van der Waals surface area contributed by atoms with Crippen LogP contribution in [0.4, 0.5) is 0 Å². The smallest absolute Gasteiger partial charge is 0.0108 e. The van der Waals surface area contributed by atoms with Crippen LogP contribution in [0.15, 0.2) is 108 Å². The van der Waals surface area contributed by atoms with Crippen LogP contribution in [0.3, 0.4) is 0 Å². The van der Waals surface area contributed by atoms with Crippen molar-refractivity contribution in [2.75, 3.05) is 0 Å². The Morgan fingerprint density at radius 1 is 0.371 bits per heavy atom. The molecule has 0 unspecified atom stereocenters. The molecule has 0 fully saturated rings. The summed E-state index contributed by atoms with van der Waals surface area (Å²) in [5, 5.41) is 2.75. The minimum atomic E-state index is 1.19. The molecule has 0 aromatic heterocycles. The Morgan fingerprint density at radius 2 is 0.714 bits per heavy atom. The number of benzene rings is 4. The van der Waals surface area contributed by atoms with Crippen LogP contribution in [0.2, 0.25) is 0 Å². The van der Waals surface area contributed by atoms with Crippen molar-refractivity contribution in [2.24, 2.45) is 0 Å². The van der Waals surface area contributed by atoms with Gasteiger partial charge in [-0.25, -0.2) is 0 Å². The number of hydrogen-bond acceptors (Lipinski definition) is 0. The molecule has 1 aliphatic rings. The molecule has 0 heterocycles. The van der Waals surface area contributed by atoms with Crippen LogP contribution in [0.5, 0.6) is 0 Å². The van der Waals surface area contributed by atoms with Gasteiger partial charge in [-0.2, -0.15) is 0 Å². The van der Waals surface area contributed by atoms with E-state index in [1.54, 1.807) is 0 Å². The van der Waals surface area contributed by atoms with E-state index in [0.717, 1.165) is 0 Å². The molecule has 0 atom stereocenters. The second kappa shape index (κ2) is 14.1. The summed E-state index contributed by atoms with van der Waals surface area (Å²) in [6.45, 7) is 17.1. The molecule has 4 aromatic rings. The first-order valence-corrected chi connectivity index (χ1v) is 12.5. The van der Waals surface area contributed by atoms with E-state index >= 15 is 0 Å². The van der Waals surface area contributed by atoms with E-state index in [9.17, 15) is 0 Å². The number of fused-ring (bicyclic) bond motifs is 1. The van der Waals surface area contributed by atoms with Gasteiger partial charge in [-0.15, -0.1) is 0 Å². The monoisotopic (exact) mass is 462 g/mol. The molecule has 0 spiro atoms. The molecule has 0 bridgehead atoms. The second-order valence-corrected chi connectivity index (χ2v) is 9.69. The maximum absolute atomic E-state index is 2.18. The molecule has 35 heavy (non-hydrogen) atoms. The van der Waals surface area contributed by atoms with Gasteiger partial charge >= 0.3 is 0 Å². The highest BCUT2D eigenvalue weighted by Gasteiger charge is 1.97. The van der Waals surface area contributed by atoms with Crippen LogP contribution in [0.25, 0.3) is 10.8 Å². The lowest BCUT2D eigenvalue weighted by Crippen LogP contribution is -1.80. The van der Waals surface area contributed by atoms with Crippen LogP contribution in [-0.2, 0) is 0 Å². The number of allylic oxidation sites excluding steroid dienone is 4. The molecule has 0 aliphatic heterocycles. The summed E-state index contributed by atoms with van der Waals surface area (Å²) < 4.78 is 0. The quantitative estimate of drug-likeness (QED) is 0.244. The summed E-state index contributed by atoms with van der Waals surface area (Å²) in [5.41, 5.74) is 11.1. The third-order valence-corrected chi connectivity index (χ3v) is 6.21. The van der Waals surface area contributed by atoms with Gasteiger partial charge in [0.15, 0.2) is 0 Å². The fourth-order valence-electron chi connectivity index (χ4n) is 3.74. The highest BCUT2D eigenvalue weighted by atomic mass is 14.0. The minimum absolute atomic E-state index is 1.19. The largest absolute Gasteiger partial charge is 0.0693 e. The first kappa shape index (κ1) is 27.9. The van der Waals surface area contributed by atoms with Gasteiger partial charge in [-0.1, -0.05) is 119 Å². The van der Waals surface area contributed by atoms with Gasteiger partial charge in [0, 0.05) is 0 Å². The Balaban J connectivity index is 0.000000169. The molecule has 1 aliphatic carbocycles. The standard InChI is InChI=1S/C12H12.2C8H10.C7H10/c1-9-7-8-10(2)12-6-4-3-5-11(9)12;1-7-3-5-8(2)6-4-7;1-7-5-3-4-6-8(7)2;1-6-3-4-7(2)5-6/h3-8H,1-2H3;2*3-6H,1-2H3;3-4H,5H2,1-2H3. The summed E-state index contributed by atoms with van der Waals surface area (Å²) in [5.74, 6) is 0. The fourth-order valence-corrected chi connectivity index (χ4v) is 3.74. The molecule has 4 aromatic carbocycles. The molecule has 0 saturated carbocycles. The summed E-state index contributed by atoms with van der Waals surface area (Å²) in [6, 6.07) is 29.7. The molecular weight excluding hydrogens is 420 g/mol. The Hall–Kier alpha value is -3.38. The lowest BCUT2D eigenvalue weighted by Gasteiger charge is -2.03. The van der Waals surface area contributed by atoms with E-state index in [1.807, 2.05) is 0 Å². The number of aryl methyl sites for hydroxylation is 6. The molecule has 0 amide bonds. The van der Waals surface area contributed by atoms with Gasteiger partial charge in [-0.3, -0.25) is 0 Å². The van der Waals surface area contributed by atoms with Crippen molar-refractivity contribution in [3.8, 4) is 0 Å². The van der Waals surface area contributed by atoms with Crippen LogP contribution in [-0.4, -0.2) is 0 Å². The molecule has 182 valence electrons. The fraction of sp³-hybridized carbons (Fsp3) is 0.257. The molecular formula is C35H42. The van der Waals surface area contributed by atoms with E-state index in [-0.39, 0.29) is 0 Å². The molecule has 0 heteroatoms. The van der Waals surface area contributed by atoms with E-state index < -0.39 is 0 Å². The molecule has 0 saturated heterocycles. The second-order valence-electron chi connectivity index (χ2n) is 9.69. The van der Waals surface area contributed by atoms with Crippen molar-refractivity contribution in [1.82, 2.24) is 0 Å². The lowest BCUT2D eigenvalue weighted by atomic mass is 10.0. The van der Waals surface area contributed by atoms with E-state index in [0.29, 0.717) is 0 Å². The van der Waals surface area contributed by atoms with Crippen LogP contribution in [0.1, 0.15) is 53.6 Å². The summed E-state index contributed by atoms with van der Waals surface area (Å²) in [6.07, 6.45) is 5.55. The normalized spacial score (nSPS) is 11.7. The van der Waals surface area contributed by atoms with E-state index in [4.69, 9.17) is 0 Å². The zero-order valence-corrected chi connectivity index (χ0v) is 22.9. The van der Waals surface area contributed by atoms with Crippen LogP contribution < -0.4 is 0 Å². The third kappa shape index (κ3) is 9.79. The van der Waals surface area contributed by atoms with Gasteiger partial charge in [-0.05, 0) is 94.8 Å². The molecule has 0 N–H and O–H groups in total. The summed E-state index contributed by atoms with van der Waals surface area (Å²) in [7, 11) is 0. The Morgan fingerprint density at radius 3 is 1.00 bits per heavy atom. The SMILES string of the molecule is CC1=CC=C(C)C1.Cc1ccc(C)c2ccccc12.Cc1ccc(C)cc1.Cc1ccccc1C. The van der Waals surface area contributed by atoms with E-state index in [2.05, 4.69) is 152 Å². The third-order valence-electron chi connectivity index (χ3n) is 6.21. The summed E-state index contributed by atoms with van der Waals surface area (Å²) >= 11 is 0. The average molecular weight is 463 g/mol. The van der Waals surface area contributed by atoms with Gasteiger partial charge < -0.3 is 0 Å². The summed E-state index contributed by atoms with van der Waals surface area (Å²) in [4.78, 5) is 0. The first-order valence-electron chi connectivity index (χ1n) is 12.5. The number of hydrogen-bond donors (Lipinski definition) is 0. The lowest BCUT2D eigenvalue weighted by molar-refractivity contribution is 1.15. The van der Waals surface area contributed by atoms with Crippen molar-refractivity contribution in [3.63, 3.8) is 0 Å². The highest BCUT2D eigenvalue weighted by Crippen LogP contribution is 2.21. The minimum Gasteiger partial charge on any atom is -0.0693 e. The van der Waals surface area contributed by atoms with Crippen molar-refractivity contribution in [3.05, 3.63) is 142 Å². The van der Waals surface area contributed by atoms with Gasteiger partial charge in [0.1, 0.15) is 0 Å². The molecule has 0 radical (unpaired) electrons.